The zero-order valence-corrected chi connectivity index (χ0v) is 20.8. The minimum atomic E-state index is -0.0155. The Morgan fingerprint density at radius 2 is 1.03 bits per heavy atom. The molecule has 0 saturated heterocycles. The highest BCUT2D eigenvalue weighted by Crippen LogP contribution is 2.48. The maximum atomic E-state index is 6.06. The van der Waals surface area contributed by atoms with E-state index < -0.39 is 0 Å². The van der Waals surface area contributed by atoms with Crippen molar-refractivity contribution < 1.29 is 9.47 Å². The van der Waals surface area contributed by atoms with Crippen LogP contribution in [0.15, 0.2) is 97.1 Å². The third-order valence-corrected chi connectivity index (χ3v) is 7.48. The van der Waals surface area contributed by atoms with Crippen LogP contribution in [0.1, 0.15) is 50.2 Å². The standard InChI is InChI=1S/C32H34N2O2/c1-2-23-4-3-21-32(22-23,24-5-13-28(14-6-24)35-30-17-9-26(33)10-18-30)25-7-15-29(16-8-25)36-31-19-11-27(34)12-20-31/h5-20,23H,2-4,21-22,33-34H2,1H3. The second-order valence-corrected chi connectivity index (χ2v) is 9.84. The molecular weight excluding hydrogens is 444 g/mol. The van der Waals surface area contributed by atoms with Gasteiger partial charge in [-0.2, -0.15) is 0 Å². The van der Waals surface area contributed by atoms with Crippen molar-refractivity contribution in [2.75, 3.05) is 11.5 Å². The lowest BCUT2D eigenvalue weighted by Crippen LogP contribution is -2.34. The molecule has 1 aliphatic carbocycles. The summed E-state index contributed by atoms with van der Waals surface area (Å²) in [6, 6.07) is 32.3. The maximum absolute atomic E-state index is 6.06. The van der Waals surface area contributed by atoms with Crippen LogP contribution in [0.25, 0.3) is 0 Å². The van der Waals surface area contributed by atoms with Gasteiger partial charge < -0.3 is 20.9 Å². The number of ether oxygens (including phenoxy) is 2. The second kappa shape index (κ2) is 10.4. The van der Waals surface area contributed by atoms with Crippen molar-refractivity contribution in [3.8, 4) is 23.0 Å². The first-order valence-electron chi connectivity index (χ1n) is 12.8. The molecule has 4 aromatic rings. The number of rotatable bonds is 7. The van der Waals surface area contributed by atoms with Gasteiger partial charge in [-0.1, -0.05) is 50.5 Å². The first-order valence-corrected chi connectivity index (χ1v) is 12.8. The molecule has 0 spiro atoms. The fraction of sp³-hybridized carbons (Fsp3) is 0.250. The molecule has 0 radical (unpaired) electrons. The fourth-order valence-electron chi connectivity index (χ4n) is 5.46. The summed E-state index contributed by atoms with van der Waals surface area (Å²) in [5.41, 5.74) is 15.7. The zero-order valence-electron chi connectivity index (χ0n) is 20.8. The lowest BCUT2D eigenvalue weighted by molar-refractivity contribution is 0.251. The molecule has 0 amide bonds. The molecular formula is C32H34N2O2. The van der Waals surface area contributed by atoms with Gasteiger partial charge in [-0.3, -0.25) is 0 Å². The molecule has 1 fully saturated rings. The van der Waals surface area contributed by atoms with Gasteiger partial charge >= 0.3 is 0 Å². The molecule has 1 atom stereocenters. The summed E-state index contributed by atoms with van der Waals surface area (Å²) in [6.45, 7) is 2.31. The van der Waals surface area contributed by atoms with E-state index in [1.54, 1.807) is 0 Å². The third kappa shape index (κ3) is 5.18. The van der Waals surface area contributed by atoms with E-state index in [-0.39, 0.29) is 5.41 Å². The molecule has 0 heterocycles. The quantitative estimate of drug-likeness (QED) is 0.262. The predicted molar refractivity (Wildman–Crippen MR) is 148 cm³/mol. The van der Waals surface area contributed by atoms with Crippen molar-refractivity contribution in [3.05, 3.63) is 108 Å². The van der Waals surface area contributed by atoms with Gasteiger partial charge in [0.15, 0.2) is 0 Å². The van der Waals surface area contributed by atoms with Gasteiger partial charge in [0.05, 0.1) is 0 Å². The van der Waals surface area contributed by atoms with Crippen molar-refractivity contribution in [3.63, 3.8) is 0 Å². The summed E-state index contributed by atoms with van der Waals surface area (Å²) in [4.78, 5) is 0. The predicted octanol–water partition coefficient (Wildman–Crippen LogP) is 8.32. The van der Waals surface area contributed by atoms with E-state index in [2.05, 4.69) is 55.5 Å². The number of anilines is 2. The Hall–Kier alpha value is -3.92. The van der Waals surface area contributed by atoms with E-state index >= 15 is 0 Å². The van der Waals surface area contributed by atoms with E-state index in [9.17, 15) is 0 Å². The van der Waals surface area contributed by atoms with Crippen LogP contribution >= 0.6 is 0 Å². The number of hydrogen-bond acceptors (Lipinski definition) is 4. The Bertz CT molecular complexity index is 1170. The van der Waals surface area contributed by atoms with Crippen LogP contribution in [-0.2, 0) is 5.41 Å². The summed E-state index contributed by atoms with van der Waals surface area (Å²) in [6.07, 6.45) is 6.03. The monoisotopic (exact) mass is 478 g/mol. The summed E-state index contributed by atoms with van der Waals surface area (Å²) in [7, 11) is 0. The average Bonchev–Trinajstić information content (AvgIpc) is 2.92. The number of hydrogen-bond donors (Lipinski definition) is 2. The Morgan fingerprint density at radius 3 is 1.42 bits per heavy atom. The smallest absolute Gasteiger partial charge is 0.127 e. The van der Waals surface area contributed by atoms with Gasteiger partial charge in [0, 0.05) is 16.8 Å². The molecule has 1 saturated carbocycles. The summed E-state index contributed by atoms with van der Waals surface area (Å²) < 4.78 is 12.1. The molecule has 5 rings (SSSR count). The topological polar surface area (TPSA) is 70.5 Å². The molecule has 0 aromatic heterocycles. The molecule has 0 aliphatic heterocycles. The molecule has 1 aliphatic rings. The highest BCUT2D eigenvalue weighted by Gasteiger charge is 2.39. The van der Waals surface area contributed by atoms with Gasteiger partial charge in [-0.15, -0.1) is 0 Å². The second-order valence-electron chi connectivity index (χ2n) is 9.84. The van der Waals surface area contributed by atoms with Crippen LogP contribution in [-0.4, -0.2) is 0 Å². The number of nitrogen functional groups attached to an aromatic ring is 2. The fourth-order valence-corrected chi connectivity index (χ4v) is 5.46. The summed E-state index contributed by atoms with van der Waals surface area (Å²) in [5.74, 6) is 3.94. The van der Waals surface area contributed by atoms with Crippen molar-refractivity contribution in [2.24, 2.45) is 5.92 Å². The van der Waals surface area contributed by atoms with Crippen LogP contribution in [0, 0.1) is 5.92 Å². The minimum Gasteiger partial charge on any atom is -0.457 e. The molecule has 0 bridgehead atoms. The van der Waals surface area contributed by atoms with Crippen LogP contribution < -0.4 is 20.9 Å². The molecule has 4 heteroatoms. The average molecular weight is 479 g/mol. The van der Waals surface area contributed by atoms with E-state index in [4.69, 9.17) is 20.9 Å². The highest BCUT2D eigenvalue weighted by molar-refractivity contribution is 5.47. The van der Waals surface area contributed by atoms with E-state index in [1.165, 1.54) is 30.4 Å². The van der Waals surface area contributed by atoms with Gasteiger partial charge in [0.25, 0.3) is 0 Å². The largest absolute Gasteiger partial charge is 0.457 e. The van der Waals surface area contributed by atoms with Crippen molar-refractivity contribution in [1.29, 1.82) is 0 Å². The molecule has 1 unspecified atom stereocenters. The van der Waals surface area contributed by atoms with Crippen molar-refractivity contribution >= 4 is 11.4 Å². The van der Waals surface area contributed by atoms with Gasteiger partial charge in [0.2, 0.25) is 0 Å². The Balaban J connectivity index is 1.41. The number of nitrogens with two attached hydrogens (primary N) is 2. The first kappa shape index (κ1) is 23.8. The van der Waals surface area contributed by atoms with Gasteiger partial charge in [0.1, 0.15) is 23.0 Å². The van der Waals surface area contributed by atoms with Crippen LogP contribution in [0.2, 0.25) is 0 Å². The first-order chi connectivity index (χ1) is 17.5. The molecule has 36 heavy (non-hydrogen) atoms. The lowest BCUT2D eigenvalue weighted by Gasteiger charge is -2.42. The SMILES string of the molecule is CCC1CCCC(c2ccc(Oc3ccc(N)cc3)cc2)(c2ccc(Oc3ccc(N)cc3)cc2)C1. The van der Waals surface area contributed by atoms with Crippen LogP contribution in [0.5, 0.6) is 23.0 Å². The summed E-state index contributed by atoms with van der Waals surface area (Å²) >= 11 is 0. The van der Waals surface area contributed by atoms with E-state index in [0.717, 1.165) is 53.1 Å². The van der Waals surface area contributed by atoms with Gasteiger partial charge in [-0.25, -0.2) is 0 Å². The van der Waals surface area contributed by atoms with Crippen molar-refractivity contribution in [2.45, 2.75) is 44.4 Å². The van der Waals surface area contributed by atoms with Crippen LogP contribution in [0.4, 0.5) is 11.4 Å². The van der Waals surface area contributed by atoms with E-state index in [0.29, 0.717) is 0 Å². The summed E-state index contributed by atoms with van der Waals surface area (Å²) in [5, 5.41) is 0. The van der Waals surface area contributed by atoms with E-state index in [1.807, 2.05) is 48.5 Å². The lowest BCUT2D eigenvalue weighted by atomic mass is 9.62. The molecule has 184 valence electrons. The van der Waals surface area contributed by atoms with Crippen molar-refractivity contribution in [1.82, 2.24) is 0 Å². The molecule has 4 aromatic carbocycles. The Kier molecular flexibility index (Phi) is 6.86. The Labute approximate surface area is 213 Å². The highest BCUT2D eigenvalue weighted by atomic mass is 16.5. The third-order valence-electron chi connectivity index (χ3n) is 7.48. The van der Waals surface area contributed by atoms with Crippen LogP contribution in [0.3, 0.4) is 0 Å². The Morgan fingerprint density at radius 1 is 0.639 bits per heavy atom. The number of benzene rings is 4. The van der Waals surface area contributed by atoms with Gasteiger partial charge in [-0.05, 0) is 103 Å². The molecule has 4 nitrogen and oxygen atoms in total. The molecule has 4 N–H and O–H groups in total. The minimum absolute atomic E-state index is 0.0155. The zero-order chi connectivity index (χ0) is 25.0. The normalized spacial score (nSPS) is 16.9. The maximum Gasteiger partial charge on any atom is 0.127 e.